The molecule has 0 atom stereocenters. The number of hydrogen-bond donors (Lipinski definition) is 3. The summed E-state index contributed by atoms with van der Waals surface area (Å²) in [4.78, 5) is 12.1. The summed E-state index contributed by atoms with van der Waals surface area (Å²) in [6.45, 7) is 2.21. The van der Waals surface area contributed by atoms with Crippen molar-refractivity contribution in [2.45, 2.75) is 6.92 Å². The second-order valence-electron chi connectivity index (χ2n) is 7.14. The molecular formula is C24H21ClN6O2. The molecule has 2 amide bonds. The number of anilines is 3. The zero-order valence-electron chi connectivity index (χ0n) is 17.8. The van der Waals surface area contributed by atoms with Gasteiger partial charge in [0, 0.05) is 23.7 Å². The minimum absolute atomic E-state index is 0.320. The first-order valence-corrected chi connectivity index (χ1v) is 10.7. The lowest BCUT2D eigenvalue weighted by molar-refractivity contribution is 0.252. The van der Waals surface area contributed by atoms with Gasteiger partial charge < -0.3 is 20.7 Å². The Balaban J connectivity index is 1.61. The van der Waals surface area contributed by atoms with Crippen LogP contribution in [0.4, 0.5) is 21.9 Å². The summed E-state index contributed by atoms with van der Waals surface area (Å²) >= 11 is 5.62. The number of aryl methyl sites for hydroxylation is 1. The van der Waals surface area contributed by atoms with Gasteiger partial charge in [-0.05, 0) is 43.3 Å². The number of hydrogen-bond acceptors (Lipinski definition) is 5. The van der Waals surface area contributed by atoms with Crippen LogP contribution in [0.15, 0.2) is 67.0 Å². The van der Waals surface area contributed by atoms with Gasteiger partial charge in [0.2, 0.25) is 0 Å². The van der Waals surface area contributed by atoms with Crippen molar-refractivity contribution in [2.24, 2.45) is 0 Å². The number of carbonyl (C=O) groups is 1. The van der Waals surface area contributed by atoms with Gasteiger partial charge in [0.05, 0.1) is 34.8 Å². The normalized spacial score (nSPS) is 10.5. The molecule has 9 heteroatoms. The lowest BCUT2D eigenvalue weighted by Gasteiger charge is -2.12. The highest BCUT2D eigenvalue weighted by Gasteiger charge is 2.17. The first-order chi connectivity index (χ1) is 16.1. The fourth-order valence-electron chi connectivity index (χ4n) is 3.33. The first kappa shape index (κ1) is 22.0. The van der Waals surface area contributed by atoms with Crippen molar-refractivity contribution in [2.75, 3.05) is 23.1 Å². The van der Waals surface area contributed by atoms with Gasteiger partial charge in [0.15, 0.2) is 0 Å². The molecule has 0 saturated heterocycles. The number of para-hydroxylation sites is 1. The highest BCUT2D eigenvalue weighted by molar-refractivity contribution is 6.18. The summed E-state index contributed by atoms with van der Waals surface area (Å²) in [5.74, 6) is 1.76. The van der Waals surface area contributed by atoms with Crippen molar-refractivity contribution in [1.29, 1.82) is 5.26 Å². The molecule has 2 heterocycles. The van der Waals surface area contributed by atoms with Gasteiger partial charge in [-0.1, -0.05) is 18.2 Å². The number of ether oxygens (including phenoxy) is 1. The number of fused-ring (bicyclic) bond motifs is 1. The third kappa shape index (κ3) is 5.00. The van der Waals surface area contributed by atoms with Crippen LogP contribution in [0.1, 0.15) is 11.1 Å². The molecular weight excluding hydrogens is 440 g/mol. The molecule has 0 radical (unpaired) electrons. The molecule has 0 spiro atoms. The number of alkyl halides is 1. The number of rotatable bonds is 7. The zero-order valence-corrected chi connectivity index (χ0v) is 18.6. The van der Waals surface area contributed by atoms with Crippen molar-refractivity contribution < 1.29 is 9.53 Å². The van der Waals surface area contributed by atoms with Crippen LogP contribution < -0.4 is 20.7 Å². The molecule has 0 aliphatic carbocycles. The highest BCUT2D eigenvalue weighted by Crippen LogP contribution is 2.33. The summed E-state index contributed by atoms with van der Waals surface area (Å²) in [6, 6.07) is 18.8. The number of amides is 2. The van der Waals surface area contributed by atoms with Crippen LogP contribution in [0.5, 0.6) is 11.5 Å². The Morgan fingerprint density at radius 1 is 1.15 bits per heavy atom. The van der Waals surface area contributed by atoms with E-state index in [1.807, 2.05) is 61.5 Å². The average Bonchev–Trinajstić information content (AvgIpc) is 3.15. The highest BCUT2D eigenvalue weighted by atomic mass is 35.5. The molecule has 8 nitrogen and oxygen atoms in total. The van der Waals surface area contributed by atoms with Crippen molar-refractivity contribution in [3.8, 4) is 17.6 Å². The van der Waals surface area contributed by atoms with E-state index in [0.717, 1.165) is 17.0 Å². The number of benzene rings is 2. The van der Waals surface area contributed by atoms with Crippen molar-refractivity contribution in [1.82, 2.24) is 14.9 Å². The monoisotopic (exact) mass is 460 g/mol. The minimum Gasteiger partial charge on any atom is -0.457 e. The second-order valence-corrected chi connectivity index (χ2v) is 7.52. The molecule has 0 unspecified atom stereocenters. The van der Waals surface area contributed by atoms with Gasteiger partial charge in [-0.15, -0.1) is 11.6 Å². The van der Waals surface area contributed by atoms with E-state index in [2.05, 4.69) is 27.1 Å². The quantitative estimate of drug-likeness (QED) is 0.320. The Labute approximate surface area is 195 Å². The standard InChI is InChI=1S/C24H21ClN6O2/c1-16-21(30-24(32)27-12-11-25)15-31-23(16)22(17(13-26)14-28-31)29-18-7-9-20(10-8-18)33-19-5-3-2-4-6-19/h2-10,14-15,29H,11-12H2,1H3,(H2,27,30,32). The molecule has 4 rings (SSSR count). The summed E-state index contributed by atoms with van der Waals surface area (Å²) in [6.07, 6.45) is 3.19. The summed E-state index contributed by atoms with van der Waals surface area (Å²) in [7, 11) is 0. The number of aromatic nitrogens is 2. The molecule has 0 saturated carbocycles. The third-order valence-electron chi connectivity index (χ3n) is 4.91. The summed E-state index contributed by atoms with van der Waals surface area (Å²) < 4.78 is 7.46. The predicted octanol–water partition coefficient (Wildman–Crippen LogP) is 5.41. The van der Waals surface area contributed by atoms with E-state index in [-0.39, 0.29) is 6.03 Å². The fourth-order valence-corrected chi connectivity index (χ4v) is 3.42. The molecule has 33 heavy (non-hydrogen) atoms. The smallest absolute Gasteiger partial charge is 0.319 e. The van der Waals surface area contributed by atoms with E-state index in [0.29, 0.717) is 40.6 Å². The van der Waals surface area contributed by atoms with Gasteiger partial charge in [-0.3, -0.25) is 0 Å². The van der Waals surface area contributed by atoms with E-state index >= 15 is 0 Å². The van der Waals surface area contributed by atoms with Gasteiger partial charge in [0.25, 0.3) is 0 Å². The number of nitrogens with one attached hydrogen (secondary N) is 3. The van der Waals surface area contributed by atoms with Gasteiger partial charge >= 0.3 is 6.03 Å². The molecule has 4 aromatic rings. The molecule has 0 fully saturated rings. The van der Waals surface area contributed by atoms with E-state index in [4.69, 9.17) is 16.3 Å². The lowest BCUT2D eigenvalue weighted by Crippen LogP contribution is -2.30. The number of halogens is 1. The molecule has 0 aliphatic rings. The van der Waals surface area contributed by atoms with Crippen molar-refractivity contribution >= 4 is 40.2 Å². The topological polar surface area (TPSA) is 103 Å². The number of urea groups is 1. The van der Waals surface area contributed by atoms with Crippen LogP contribution in [0.2, 0.25) is 0 Å². The largest absolute Gasteiger partial charge is 0.457 e. The third-order valence-corrected chi connectivity index (χ3v) is 5.10. The van der Waals surface area contributed by atoms with Crippen molar-refractivity contribution in [3.05, 3.63) is 78.1 Å². The van der Waals surface area contributed by atoms with Crippen LogP contribution in [-0.2, 0) is 0 Å². The Hall–Kier alpha value is -4.22. The fraction of sp³-hybridized carbons (Fsp3) is 0.125. The van der Waals surface area contributed by atoms with Crippen LogP contribution >= 0.6 is 11.6 Å². The Bertz CT molecular complexity index is 1310. The maximum absolute atomic E-state index is 12.1. The molecule has 166 valence electrons. The molecule has 0 aliphatic heterocycles. The van der Waals surface area contributed by atoms with Crippen LogP contribution in [-0.4, -0.2) is 28.1 Å². The van der Waals surface area contributed by atoms with Gasteiger partial charge in [0.1, 0.15) is 17.6 Å². The molecule has 2 aromatic carbocycles. The Morgan fingerprint density at radius 3 is 2.58 bits per heavy atom. The first-order valence-electron chi connectivity index (χ1n) is 10.2. The number of nitrogens with zero attached hydrogens (tertiary/aromatic N) is 3. The van der Waals surface area contributed by atoms with Gasteiger partial charge in [-0.25, -0.2) is 9.31 Å². The van der Waals surface area contributed by atoms with Crippen molar-refractivity contribution in [3.63, 3.8) is 0 Å². The second kappa shape index (κ2) is 9.94. The minimum atomic E-state index is -0.362. The number of carbonyl (C=O) groups excluding carboxylic acids is 1. The number of nitriles is 1. The Kier molecular flexibility index (Phi) is 6.62. The van der Waals surface area contributed by atoms with Crippen LogP contribution in [0, 0.1) is 18.3 Å². The Morgan fingerprint density at radius 2 is 1.88 bits per heavy atom. The molecule has 3 N–H and O–H groups in total. The maximum Gasteiger partial charge on any atom is 0.319 e. The van der Waals surface area contributed by atoms with E-state index < -0.39 is 0 Å². The van der Waals surface area contributed by atoms with E-state index in [1.54, 1.807) is 10.7 Å². The SMILES string of the molecule is Cc1c(NC(=O)NCCCl)cn2ncc(C#N)c(Nc3ccc(Oc4ccccc4)cc3)c12. The zero-order chi connectivity index (χ0) is 23.2. The van der Waals surface area contributed by atoms with Crippen LogP contribution in [0.3, 0.4) is 0 Å². The maximum atomic E-state index is 12.1. The van der Waals surface area contributed by atoms with E-state index in [1.165, 1.54) is 6.20 Å². The van der Waals surface area contributed by atoms with Crippen LogP contribution in [0.25, 0.3) is 5.52 Å². The summed E-state index contributed by atoms with van der Waals surface area (Å²) in [5.41, 5.74) is 3.79. The summed E-state index contributed by atoms with van der Waals surface area (Å²) in [5, 5.41) is 22.7. The predicted molar refractivity (Wildman–Crippen MR) is 129 cm³/mol. The molecule has 0 bridgehead atoms. The molecule has 2 aromatic heterocycles. The average molecular weight is 461 g/mol. The lowest BCUT2D eigenvalue weighted by atomic mass is 10.1. The van der Waals surface area contributed by atoms with Gasteiger partial charge in [-0.2, -0.15) is 10.4 Å². The van der Waals surface area contributed by atoms with E-state index in [9.17, 15) is 10.1 Å².